The molecule has 2 N–H and O–H groups in total. The normalized spacial score (nSPS) is 18.8. The minimum Gasteiger partial charge on any atom is -0.383 e. The Kier molecular flexibility index (Phi) is 9.42. The van der Waals surface area contributed by atoms with Crippen molar-refractivity contribution in [1.82, 2.24) is 15.5 Å². The molecular weight excluding hydrogens is 264 g/mol. The molecule has 0 spiro atoms. The molecule has 1 fully saturated rings. The molecule has 0 heterocycles. The van der Waals surface area contributed by atoms with Crippen molar-refractivity contribution in [2.24, 2.45) is 4.99 Å². The van der Waals surface area contributed by atoms with E-state index >= 15 is 0 Å². The molecule has 0 aromatic carbocycles. The first-order valence-electron chi connectivity index (χ1n) is 8.41. The monoisotopic (exact) mass is 298 g/mol. The third-order valence-electron chi connectivity index (χ3n) is 4.06. The second kappa shape index (κ2) is 10.9. The highest BCUT2D eigenvalue weighted by molar-refractivity contribution is 5.80. The summed E-state index contributed by atoms with van der Waals surface area (Å²) in [5.74, 6) is 0.888. The van der Waals surface area contributed by atoms with E-state index in [0.29, 0.717) is 6.61 Å². The van der Waals surface area contributed by atoms with E-state index in [1.165, 1.54) is 32.1 Å². The lowest BCUT2D eigenvalue weighted by atomic mass is 9.94. The van der Waals surface area contributed by atoms with Gasteiger partial charge in [0, 0.05) is 32.3 Å². The zero-order chi connectivity index (χ0) is 15.5. The van der Waals surface area contributed by atoms with Crippen LogP contribution in [0.5, 0.6) is 0 Å². The predicted octanol–water partition coefficient (Wildman–Crippen LogP) is 1.84. The molecule has 1 aliphatic carbocycles. The summed E-state index contributed by atoms with van der Waals surface area (Å²) in [6.07, 6.45) is 6.88. The minimum absolute atomic E-state index is 0.267. The number of methoxy groups -OCH3 is 1. The Balaban J connectivity index is 2.34. The quantitative estimate of drug-likeness (QED) is 0.530. The van der Waals surface area contributed by atoms with Gasteiger partial charge >= 0.3 is 0 Å². The molecule has 1 aliphatic rings. The molecule has 1 unspecified atom stereocenters. The smallest absolute Gasteiger partial charge is 0.191 e. The van der Waals surface area contributed by atoms with Crippen molar-refractivity contribution in [2.75, 3.05) is 40.4 Å². The van der Waals surface area contributed by atoms with Crippen LogP contribution in [0.25, 0.3) is 0 Å². The summed E-state index contributed by atoms with van der Waals surface area (Å²) in [6, 6.07) is 1.03. The fourth-order valence-electron chi connectivity index (χ4n) is 2.87. The van der Waals surface area contributed by atoms with Crippen LogP contribution in [0.4, 0.5) is 0 Å². The first-order chi connectivity index (χ1) is 10.2. The van der Waals surface area contributed by atoms with Crippen molar-refractivity contribution in [1.29, 1.82) is 0 Å². The van der Waals surface area contributed by atoms with Crippen LogP contribution in [-0.2, 0) is 4.74 Å². The average molecular weight is 298 g/mol. The van der Waals surface area contributed by atoms with Gasteiger partial charge in [-0.3, -0.25) is 4.99 Å². The van der Waals surface area contributed by atoms with Crippen molar-refractivity contribution in [3.8, 4) is 0 Å². The lowest BCUT2D eigenvalue weighted by Gasteiger charge is -2.30. The van der Waals surface area contributed by atoms with Crippen LogP contribution >= 0.6 is 0 Å². The number of ether oxygens (including phenoxy) is 1. The van der Waals surface area contributed by atoms with Gasteiger partial charge in [-0.25, -0.2) is 0 Å². The van der Waals surface area contributed by atoms with Gasteiger partial charge in [0.15, 0.2) is 5.96 Å². The number of nitrogens with zero attached hydrogens (tertiary/aromatic N) is 2. The fourth-order valence-corrected chi connectivity index (χ4v) is 2.87. The largest absolute Gasteiger partial charge is 0.383 e. The summed E-state index contributed by atoms with van der Waals surface area (Å²) in [5.41, 5.74) is 0. The molecule has 21 heavy (non-hydrogen) atoms. The zero-order valence-corrected chi connectivity index (χ0v) is 14.3. The van der Waals surface area contributed by atoms with Crippen molar-refractivity contribution in [3.05, 3.63) is 0 Å². The molecular formula is C16H34N4O. The summed E-state index contributed by atoms with van der Waals surface area (Å²) in [7, 11) is 3.96. The van der Waals surface area contributed by atoms with Gasteiger partial charge in [0.25, 0.3) is 0 Å². The molecule has 0 aliphatic heterocycles. The number of aliphatic imine (C=N–C) groups is 1. The molecule has 0 aromatic heterocycles. The predicted molar refractivity (Wildman–Crippen MR) is 90.0 cm³/mol. The summed E-state index contributed by atoms with van der Waals surface area (Å²) in [5, 5.41) is 6.66. The Morgan fingerprint density at radius 1 is 1.33 bits per heavy atom. The highest BCUT2D eigenvalue weighted by atomic mass is 16.5. The van der Waals surface area contributed by atoms with Crippen LogP contribution in [0.15, 0.2) is 4.99 Å². The molecule has 1 rings (SSSR count). The van der Waals surface area contributed by atoms with E-state index < -0.39 is 0 Å². The maximum absolute atomic E-state index is 5.15. The van der Waals surface area contributed by atoms with E-state index in [1.54, 1.807) is 7.11 Å². The molecule has 0 radical (unpaired) electrons. The highest BCUT2D eigenvalue weighted by Crippen LogP contribution is 2.21. The molecule has 0 bridgehead atoms. The highest BCUT2D eigenvalue weighted by Gasteiger charge is 2.17. The first kappa shape index (κ1) is 18.2. The Morgan fingerprint density at radius 2 is 2.05 bits per heavy atom. The zero-order valence-electron chi connectivity index (χ0n) is 14.3. The molecule has 1 saturated carbocycles. The summed E-state index contributed by atoms with van der Waals surface area (Å²) in [4.78, 5) is 7.14. The van der Waals surface area contributed by atoms with Crippen molar-refractivity contribution < 1.29 is 4.74 Å². The molecule has 0 saturated heterocycles. The van der Waals surface area contributed by atoms with Crippen LogP contribution in [0.2, 0.25) is 0 Å². The van der Waals surface area contributed by atoms with Crippen LogP contribution in [0, 0.1) is 0 Å². The third-order valence-corrected chi connectivity index (χ3v) is 4.06. The van der Waals surface area contributed by atoms with Gasteiger partial charge < -0.3 is 20.3 Å². The van der Waals surface area contributed by atoms with Gasteiger partial charge in [0.05, 0.1) is 13.2 Å². The van der Waals surface area contributed by atoms with Gasteiger partial charge in [0.2, 0.25) is 0 Å². The van der Waals surface area contributed by atoms with Crippen LogP contribution in [-0.4, -0.2) is 63.3 Å². The number of likely N-dealkylation sites (N-methyl/N-ethyl adjacent to an activating group) is 1. The number of hydrogen-bond donors (Lipinski definition) is 2. The SMILES string of the molecule is CCNC(=NCCN(C)C1CCCCC1)NC(C)COC. The average Bonchev–Trinajstić information content (AvgIpc) is 2.48. The molecule has 0 aromatic rings. The lowest BCUT2D eigenvalue weighted by Crippen LogP contribution is -2.44. The maximum atomic E-state index is 5.15. The fraction of sp³-hybridized carbons (Fsp3) is 0.938. The Morgan fingerprint density at radius 3 is 2.67 bits per heavy atom. The van der Waals surface area contributed by atoms with Crippen LogP contribution in [0.3, 0.4) is 0 Å². The van der Waals surface area contributed by atoms with E-state index in [9.17, 15) is 0 Å². The second-order valence-electron chi connectivity index (χ2n) is 6.03. The van der Waals surface area contributed by atoms with E-state index in [0.717, 1.165) is 31.6 Å². The van der Waals surface area contributed by atoms with Crippen molar-refractivity contribution in [3.63, 3.8) is 0 Å². The molecule has 5 nitrogen and oxygen atoms in total. The molecule has 124 valence electrons. The summed E-state index contributed by atoms with van der Waals surface area (Å²) < 4.78 is 5.15. The van der Waals surface area contributed by atoms with Gasteiger partial charge in [0.1, 0.15) is 0 Å². The maximum Gasteiger partial charge on any atom is 0.191 e. The van der Waals surface area contributed by atoms with Crippen molar-refractivity contribution in [2.45, 2.75) is 58.0 Å². The Bertz CT molecular complexity index is 290. The third kappa shape index (κ3) is 7.67. The summed E-state index contributed by atoms with van der Waals surface area (Å²) in [6.45, 7) is 7.62. The lowest BCUT2D eigenvalue weighted by molar-refractivity contribution is 0.178. The number of rotatable bonds is 8. The number of guanidine groups is 1. The van der Waals surface area contributed by atoms with E-state index in [-0.39, 0.29) is 6.04 Å². The van der Waals surface area contributed by atoms with Crippen LogP contribution < -0.4 is 10.6 Å². The number of nitrogens with one attached hydrogen (secondary N) is 2. The van der Waals surface area contributed by atoms with Gasteiger partial charge in [-0.1, -0.05) is 19.3 Å². The molecule has 1 atom stereocenters. The Labute approximate surface area is 130 Å². The van der Waals surface area contributed by atoms with Gasteiger partial charge in [-0.05, 0) is 33.7 Å². The second-order valence-corrected chi connectivity index (χ2v) is 6.03. The van der Waals surface area contributed by atoms with E-state index in [1.807, 2.05) is 0 Å². The number of hydrogen-bond acceptors (Lipinski definition) is 3. The first-order valence-corrected chi connectivity index (χ1v) is 8.41. The van der Waals surface area contributed by atoms with Gasteiger partial charge in [-0.2, -0.15) is 0 Å². The molecule has 0 amide bonds. The van der Waals surface area contributed by atoms with Crippen molar-refractivity contribution >= 4 is 5.96 Å². The summed E-state index contributed by atoms with van der Waals surface area (Å²) >= 11 is 0. The van der Waals surface area contributed by atoms with Gasteiger partial charge in [-0.15, -0.1) is 0 Å². The topological polar surface area (TPSA) is 48.9 Å². The molecule has 5 heteroatoms. The van der Waals surface area contributed by atoms with E-state index in [2.05, 4.69) is 41.4 Å². The van der Waals surface area contributed by atoms with Crippen LogP contribution in [0.1, 0.15) is 46.0 Å². The minimum atomic E-state index is 0.267. The van der Waals surface area contributed by atoms with E-state index in [4.69, 9.17) is 4.74 Å². The Hall–Kier alpha value is -0.810. The standard InChI is InChI=1S/C16H34N4O/c1-5-17-16(19-14(2)13-21-4)18-11-12-20(3)15-9-7-6-8-10-15/h14-15H,5-13H2,1-4H3,(H2,17,18,19).